The van der Waals surface area contributed by atoms with E-state index in [0.29, 0.717) is 0 Å². The zero-order valence-corrected chi connectivity index (χ0v) is 13.6. The van der Waals surface area contributed by atoms with Gasteiger partial charge in [0.05, 0.1) is 7.11 Å². The van der Waals surface area contributed by atoms with Crippen LogP contribution < -0.4 is 10.1 Å². The zero-order chi connectivity index (χ0) is 14.5. The van der Waals surface area contributed by atoms with E-state index in [-0.39, 0.29) is 12.1 Å². The van der Waals surface area contributed by atoms with Gasteiger partial charge in [-0.3, -0.25) is 0 Å². The molecule has 2 atom stereocenters. The van der Waals surface area contributed by atoms with Crippen LogP contribution in [0.2, 0.25) is 0 Å². The first kappa shape index (κ1) is 15.1. The molecule has 0 aliphatic heterocycles. The fraction of sp³-hybridized carbons (Fsp3) is 0.294. The quantitative estimate of drug-likeness (QED) is 0.842. The Hall–Kier alpha value is -1.32. The van der Waals surface area contributed by atoms with Crippen molar-refractivity contribution in [1.29, 1.82) is 0 Å². The fourth-order valence-electron chi connectivity index (χ4n) is 2.36. The lowest BCUT2D eigenvalue weighted by atomic mass is 10.0. The molecule has 0 aliphatic carbocycles. The first-order valence-electron chi connectivity index (χ1n) is 6.76. The van der Waals surface area contributed by atoms with Crippen molar-refractivity contribution in [2.24, 2.45) is 0 Å². The highest BCUT2D eigenvalue weighted by Gasteiger charge is 2.14. The van der Waals surface area contributed by atoms with Crippen LogP contribution in [0, 0.1) is 0 Å². The number of nitrogens with one attached hydrogen (secondary N) is 1. The second-order valence-electron chi connectivity index (χ2n) is 4.91. The molecule has 0 saturated carbocycles. The molecule has 3 heteroatoms. The Labute approximate surface area is 129 Å². The summed E-state index contributed by atoms with van der Waals surface area (Å²) >= 11 is 3.52. The fourth-order valence-corrected chi connectivity index (χ4v) is 2.78. The van der Waals surface area contributed by atoms with Gasteiger partial charge in [-0.2, -0.15) is 0 Å². The van der Waals surface area contributed by atoms with Crippen LogP contribution >= 0.6 is 15.9 Å². The van der Waals surface area contributed by atoms with Crippen LogP contribution in [0.5, 0.6) is 5.75 Å². The number of rotatable bonds is 5. The molecule has 0 aliphatic rings. The van der Waals surface area contributed by atoms with Crippen molar-refractivity contribution >= 4 is 15.9 Å². The molecule has 0 bridgehead atoms. The number of hydrogen-bond donors (Lipinski definition) is 1. The van der Waals surface area contributed by atoms with Gasteiger partial charge in [-0.05, 0) is 37.6 Å². The van der Waals surface area contributed by atoms with E-state index in [1.165, 1.54) is 11.1 Å². The summed E-state index contributed by atoms with van der Waals surface area (Å²) in [4.78, 5) is 0. The average molecular weight is 334 g/mol. The minimum Gasteiger partial charge on any atom is -0.496 e. The van der Waals surface area contributed by atoms with Crippen molar-refractivity contribution in [3.63, 3.8) is 0 Å². The van der Waals surface area contributed by atoms with Crippen LogP contribution in [0.25, 0.3) is 0 Å². The first-order valence-corrected chi connectivity index (χ1v) is 7.55. The number of methoxy groups -OCH3 is 1. The van der Waals surface area contributed by atoms with Gasteiger partial charge in [0.2, 0.25) is 0 Å². The summed E-state index contributed by atoms with van der Waals surface area (Å²) in [6.07, 6.45) is 0. The molecule has 0 saturated heterocycles. The average Bonchev–Trinajstić information content (AvgIpc) is 2.47. The molecule has 2 aromatic rings. The molecule has 0 spiro atoms. The number of para-hydroxylation sites is 1. The van der Waals surface area contributed by atoms with Crippen molar-refractivity contribution in [3.8, 4) is 5.75 Å². The van der Waals surface area contributed by atoms with Crippen molar-refractivity contribution in [1.82, 2.24) is 5.32 Å². The molecule has 106 valence electrons. The summed E-state index contributed by atoms with van der Waals surface area (Å²) in [5.74, 6) is 0.925. The highest BCUT2D eigenvalue weighted by molar-refractivity contribution is 9.10. The van der Waals surface area contributed by atoms with Gasteiger partial charge < -0.3 is 10.1 Å². The maximum atomic E-state index is 5.43. The molecule has 0 heterocycles. The lowest BCUT2D eigenvalue weighted by molar-refractivity contribution is 0.396. The molecule has 0 amide bonds. The Morgan fingerprint density at radius 1 is 1.00 bits per heavy atom. The third-order valence-electron chi connectivity index (χ3n) is 3.45. The normalized spacial score (nSPS) is 13.8. The second-order valence-corrected chi connectivity index (χ2v) is 5.82. The Morgan fingerprint density at radius 3 is 2.45 bits per heavy atom. The molecule has 1 N–H and O–H groups in total. The monoisotopic (exact) mass is 333 g/mol. The zero-order valence-electron chi connectivity index (χ0n) is 12.1. The predicted octanol–water partition coefficient (Wildman–Crippen LogP) is 4.87. The van der Waals surface area contributed by atoms with Gasteiger partial charge in [0, 0.05) is 22.1 Å². The van der Waals surface area contributed by atoms with E-state index in [4.69, 9.17) is 4.74 Å². The second kappa shape index (κ2) is 6.91. The van der Waals surface area contributed by atoms with Crippen LogP contribution in [0.4, 0.5) is 0 Å². The molecule has 2 unspecified atom stereocenters. The van der Waals surface area contributed by atoms with Gasteiger partial charge in [-0.25, -0.2) is 0 Å². The molecule has 2 rings (SSSR count). The van der Waals surface area contributed by atoms with Gasteiger partial charge >= 0.3 is 0 Å². The van der Waals surface area contributed by atoms with E-state index in [9.17, 15) is 0 Å². The first-order chi connectivity index (χ1) is 9.61. The summed E-state index contributed by atoms with van der Waals surface area (Å²) < 4.78 is 6.53. The molecule has 2 nitrogen and oxygen atoms in total. The Balaban J connectivity index is 2.13. The third kappa shape index (κ3) is 3.62. The van der Waals surface area contributed by atoms with Crippen LogP contribution in [-0.4, -0.2) is 7.11 Å². The molecule has 0 radical (unpaired) electrons. The molecule has 20 heavy (non-hydrogen) atoms. The van der Waals surface area contributed by atoms with Crippen LogP contribution in [0.15, 0.2) is 53.0 Å². The third-order valence-corrected chi connectivity index (χ3v) is 3.95. The number of benzene rings is 2. The molecular formula is C17H20BrNO. The van der Waals surface area contributed by atoms with Crippen LogP contribution in [0.3, 0.4) is 0 Å². The van der Waals surface area contributed by atoms with Gasteiger partial charge in [-0.15, -0.1) is 0 Å². The molecule has 0 aromatic heterocycles. The van der Waals surface area contributed by atoms with E-state index < -0.39 is 0 Å². The minimum atomic E-state index is 0.222. The van der Waals surface area contributed by atoms with E-state index in [1.807, 2.05) is 24.3 Å². The standard InChI is InChI=1S/C17H20BrNO/c1-12(14-7-6-8-15(18)11-14)19-13(2)16-9-4-5-10-17(16)20-3/h4-13,19H,1-3H3. The SMILES string of the molecule is COc1ccccc1C(C)NC(C)c1cccc(Br)c1. The van der Waals surface area contributed by atoms with Crippen molar-refractivity contribution < 1.29 is 4.74 Å². The smallest absolute Gasteiger partial charge is 0.123 e. The molecule has 2 aromatic carbocycles. The summed E-state index contributed by atoms with van der Waals surface area (Å²) in [6, 6.07) is 17.0. The lowest BCUT2D eigenvalue weighted by Crippen LogP contribution is -2.22. The summed E-state index contributed by atoms with van der Waals surface area (Å²) in [7, 11) is 1.71. The topological polar surface area (TPSA) is 21.3 Å². The van der Waals surface area contributed by atoms with Gasteiger partial charge in [0.1, 0.15) is 5.75 Å². The van der Waals surface area contributed by atoms with Gasteiger partial charge in [0.15, 0.2) is 0 Å². The molecule has 0 fully saturated rings. The highest BCUT2D eigenvalue weighted by Crippen LogP contribution is 2.27. The van der Waals surface area contributed by atoms with Gasteiger partial charge in [-0.1, -0.05) is 46.3 Å². The molecular weight excluding hydrogens is 314 g/mol. The largest absolute Gasteiger partial charge is 0.496 e. The Morgan fingerprint density at radius 2 is 1.75 bits per heavy atom. The van der Waals surface area contributed by atoms with Crippen molar-refractivity contribution in [2.75, 3.05) is 7.11 Å². The Kier molecular flexibility index (Phi) is 5.21. The number of hydrogen-bond acceptors (Lipinski definition) is 2. The van der Waals surface area contributed by atoms with E-state index >= 15 is 0 Å². The lowest BCUT2D eigenvalue weighted by Gasteiger charge is -2.22. The van der Waals surface area contributed by atoms with E-state index in [2.05, 4.69) is 59.4 Å². The van der Waals surface area contributed by atoms with E-state index in [1.54, 1.807) is 7.11 Å². The predicted molar refractivity (Wildman–Crippen MR) is 87.1 cm³/mol. The summed E-state index contributed by atoms with van der Waals surface area (Å²) in [5, 5.41) is 3.61. The maximum absolute atomic E-state index is 5.43. The number of halogens is 1. The highest BCUT2D eigenvalue weighted by atomic mass is 79.9. The van der Waals surface area contributed by atoms with Crippen molar-refractivity contribution in [3.05, 3.63) is 64.1 Å². The van der Waals surface area contributed by atoms with Crippen LogP contribution in [-0.2, 0) is 0 Å². The summed E-state index contributed by atoms with van der Waals surface area (Å²) in [5.41, 5.74) is 2.44. The Bertz CT molecular complexity index is 570. The van der Waals surface area contributed by atoms with Gasteiger partial charge in [0.25, 0.3) is 0 Å². The minimum absolute atomic E-state index is 0.222. The summed E-state index contributed by atoms with van der Waals surface area (Å²) in [6.45, 7) is 4.33. The maximum Gasteiger partial charge on any atom is 0.123 e. The number of ether oxygens (including phenoxy) is 1. The van der Waals surface area contributed by atoms with E-state index in [0.717, 1.165) is 10.2 Å². The van der Waals surface area contributed by atoms with Crippen molar-refractivity contribution in [2.45, 2.75) is 25.9 Å². The van der Waals surface area contributed by atoms with Crippen LogP contribution in [0.1, 0.15) is 37.1 Å².